The highest BCUT2D eigenvalue weighted by Gasteiger charge is 2.19. The molecule has 0 aliphatic heterocycles. The van der Waals surface area contributed by atoms with Gasteiger partial charge in [-0.3, -0.25) is 4.79 Å². The molecule has 3 aromatic carbocycles. The van der Waals surface area contributed by atoms with Crippen LogP contribution >= 0.6 is 23.2 Å². The summed E-state index contributed by atoms with van der Waals surface area (Å²) >= 11 is 12.3. The summed E-state index contributed by atoms with van der Waals surface area (Å²) in [5.74, 6) is 0.0743. The van der Waals surface area contributed by atoms with E-state index in [2.05, 4.69) is 15.7 Å². The maximum atomic E-state index is 13.0. The number of nitrogens with zero attached hydrogens (tertiary/aromatic N) is 3. The zero-order chi connectivity index (χ0) is 25.7. The van der Waals surface area contributed by atoms with E-state index in [0.29, 0.717) is 39.5 Å². The van der Waals surface area contributed by atoms with Crippen LogP contribution in [0.1, 0.15) is 12.5 Å². The summed E-state index contributed by atoms with van der Waals surface area (Å²) in [6.07, 6.45) is 0. The standard InChI is InChI=1S/C27H25Cl2N5O2/c1-3-33(27(36)30-23-12-8-7-9-18(23)2)17-26(35)31-25-16-24(19-10-5-4-6-11-19)32-34(25)20-13-14-21(28)22(29)15-20/h4-16H,3,17H2,1-2H3,(H,30,36)(H,31,35). The Morgan fingerprint density at radius 3 is 2.33 bits per heavy atom. The van der Waals surface area contributed by atoms with Gasteiger partial charge in [0.05, 0.1) is 21.4 Å². The first-order valence-electron chi connectivity index (χ1n) is 11.4. The number of carbonyl (C=O) groups is 2. The number of carbonyl (C=O) groups excluding carboxylic acids is 2. The third-order valence-corrected chi connectivity index (χ3v) is 6.32. The van der Waals surface area contributed by atoms with Crippen molar-refractivity contribution in [3.8, 4) is 16.9 Å². The lowest BCUT2D eigenvalue weighted by molar-refractivity contribution is -0.116. The fraction of sp³-hybridized carbons (Fsp3) is 0.148. The van der Waals surface area contributed by atoms with Gasteiger partial charge in [-0.15, -0.1) is 0 Å². The number of hydrogen-bond donors (Lipinski definition) is 2. The van der Waals surface area contributed by atoms with Crippen LogP contribution in [0.5, 0.6) is 0 Å². The van der Waals surface area contributed by atoms with Crippen molar-refractivity contribution in [2.24, 2.45) is 0 Å². The molecule has 0 saturated heterocycles. The van der Waals surface area contributed by atoms with E-state index in [0.717, 1.165) is 11.1 Å². The number of likely N-dealkylation sites (N-methyl/N-ethyl adjacent to an activating group) is 1. The zero-order valence-electron chi connectivity index (χ0n) is 19.8. The van der Waals surface area contributed by atoms with Gasteiger partial charge in [-0.25, -0.2) is 9.48 Å². The smallest absolute Gasteiger partial charge is 0.315 e. The Labute approximate surface area is 219 Å². The van der Waals surface area contributed by atoms with Crippen LogP contribution in [0, 0.1) is 6.92 Å². The van der Waals surface area contributed by atoms with E-state index in [4.69, 9.17) is 23.2 Å². The lowest BCUT2D eigenvalue weighted by Gasteiger charge is -2.21. The molecule has 7 nitrogen and oxygen atoms in total. The van der Waals surface area contributed by atoms with Crippen LogP contribution in [-0.4, -0.2) is 39.7 Å². The predicted octanol–water partition coefficient (Wildman–Crippen LogP) is 6.65. The minimum Gasteiger partial charge on any atom is -0.315 e. The van der Waals surface area contributed by atoms with Gasteiger partial charge in [-0.1, -0.05) is 71.7 Å². The van der Waals surface area contributed by atoms with Crippen molar-refractivity contribution < 1.29 is 9.59 Å². The lowest BCUT2D eigenvalue weighted by Crippen LogP contribution is -2.40. The molecular formula is C27H25Cl2N5O2. The number of amides is 3. The first-order valence-corrected chi connectivity index (χ1v) is 12.1. The second kappa shape index (κ2) is 11.3. The topological polar surface area (TPSA) is 79.3 Å². The zero-order valence-corrected chi connectivity index (χ0v) is 21.3. The van der Waals surface area contributed by atoms with Crippen molar-refractivity contribution in [1.82, 2.24) is 14.7 Å². The van der Waals surface area contributed by atoms with Gasteiger partial charge in [0.15, 0.2) is 0 Å². The maximum absolute atomic E-state index is 13.0. The van der Waals surface area contributed by atoms with Crippen LogP contribution in [0.15, 0.2) is 78.9 Å². The number of para-hydroxylation sites is 1. The molecule has 4 aromatic rings. The SMILES string of the molecule is CCN(CC(=O)Nc1cc(-c2ccccc2)nn1-c1ccc(Cl)c(Cl)c1)C(=O)Nc1ccccc1C. The first kappa shape index (κ1) is 25.3. The number of anilines is 2. The van der Waals surface area contributed by atoms with Gasteiger partial charge in [0.25, 0.3) is 0 Å². The van der Waals surface area contributed by atoms with E-state index < -0.39 is 0 Å². The second-order valence-corrected chi connectivity index (χ2v) is 8.91. The summed E-state index contributed by atoms with van der Waals surface area (Å²) in [4.78, 5) is 27.3. The summed E-state index contributed by atoms with van der Waals surface area (Å²) in [5.41, 5.74) is 3.82. The molecule has 36 heavy (non-hydrogen) atoms. The largest absolute Gasteiger partial charge is 0.322 e. The van der Waals surface area contributed by atoms with Crippen LogP contribution in [-0.2, 0) is 4.79 Å². The molecule has 3 amide bonds. The van der Waals surface area contributed by atoms with Crippen LogP contribution in [0.25, 0.3) is 16.9 Å². The average Bonchev–Trinajstić information content (AvgIpc) is 3.29. The normalized spacial score (nSPS) is 10.7. The Morgan fingerprint density at radius 1 is 0.917 bits per heavy atom. The molecule has 9 heteroatoms. The van der Waals surface area contributed by atoms with Gasteiger partial charge in [0.2, 0.25) is 5.91 Å². The van der Waals surface area contributed by atoms with E-state index in [1.54, 1.807) is 28.9 Å². The summed E-state index contributed by atoms with van der Waals surface area (Å²) in [7, 11) is 0. The molecule has 0 bridgehead atoms. The minimum atomic E-state index is -0.363. The molecule has 0 aliphatic rings. The molecular weight excluding hydrogens is 497 g/mol. The predicted molar refractivity (Wildman–Crippen MR) is 145 cm³/mol. The van der Waals surface area contributed by atoms with E-state index in [1.807, 2.05) is 68.4 Å². The quantitative estimate of drug-likeness (QED) is 0.285. The van der Waals surface area contributed by atoms with Crippen LogP contribution in [0.3, 0.4) is 0 Å². The number of nitrogens with one attached hydrogen (secondary N) is 2. The molecule has 4 rings (SSSR count). The van der Waals surface area contributed by atoms with Crippen molar-refractivity contribution in [2.45, 2.75) is 13.8 Å². The molecule has 0 aliphatic carbocycles. The van der Waals surface area contributed by atoms with Crippen LogP contribution in [0.2, 0.25) is 10.0 Å². The lowest BCUT2D eigenvalue weighted by atomic mass is 10.1. The van der Waals surface area contributed by atoms with Crippen molar-refractivity contribution in [1.29, 1.82) is 0 Å². The van der Waals surface area contributed by atoms with Gasteiger partial charge >= 0.3 is 6.03 Å². The summed E-state index contributed by atoms with van der Waals surface area (Å²) in [5, 5.41) is 11.2. The Balaban J connectivity index is 1.57. The van der Waals surface area contributed by atoms with Gasteiger partial charge in [0, 0.05) is 23.9 Å². The first-order chi connectivity index (χ1) is 17.4. The van der Waals surface area contributed by atoms with Crippen molar-refractivity contribution in [3.63, 3.8) is 0 Å². The van der Waals surface area contributed by atoms with Crippen molar-refractivity contribution in [2.75, 3.05) is 23.7 Å². The Bertz CT molecular complexity index is 1390. The van der Waals surface area contributed by atoms with E-state index in [9.17, 15) is 9.59 Å². The molecule has 0 spiro atoms. The molecule has 0 unspecified atom stereocenters. The average molecular weight is 522 g/mol. The fourth-order valence-electron chi connectivity index (χ4n) is 3.62. The number of aryl methyl sites for hydroxylation is 1. The molecule has 1 heterocycles. The van der Waals surface area contributed by atoms with Crippen molar-refractivity contribution in [3.05, 3.63) is 94.5 Å². The van der Waals surface area contributed by atoms with E-state index >= 15 is 0 Å². The highest BCUT2D eigenvalue weighted by molar-refractivity contribution is 6.42. The maximum Gasteiger partial charge on any atom is 0.322 e. The van der Waals surface area contributed by atoms with Gasteiger partial charge < -0.3 is 15.5 Å². The van der Waals surface area contributed by atoms with E-state index in [1.165, 1.54) is 4.90 Å². The molecule has 184 valence electrons. The highest BCUT2D eigenvalue weighted by Crippen LogP contribution is 2.29. The molecule has 0 radical (unpaired) electrons. The number of rotatable bonds is 7. The third-order valence-electron chi connectivity index (χ3n) is 5.58. The number of benzene rings is 3. The summed E-state index contributed by atoms with van der Waals surface area (Å²) in [6, 6.07) is 23.6. The Hall–Kier alpha value is -3.81. The van der Waals surface area contributed by atoms with Crippen molar-refractivity contribution >= 4 is 46.6 Å². The van der Waals surface area contributed by atoms with Gasteiger partial charge in [-0.2, -0.15) is 5.10 Å². The monoisotopic (exact) mass is 521 g/mol. The fourth-order valence-corrected chi connectivity index (χ4v) is 3.92. The Kier molecular flexibility index (Phi) is 7.93. The van der Waals surface area contributed by atoms with Gasteiger partial charge in [0.1, 0.15) is 12.4 Å². The molecule has 0 fully saturated rings. The Morgan fingerprint density at radius 2 is 1.64 bits per heavy atom. The third kappa shape index (κ3) is 5.87. The number of halogens is 2. The number of aromatic nitrogens is 2. The second-order valence-electron chi connectivity index (χ2n) is 8.10. The number of hydrogen-bond acceptors (Lipinski definition) is 3. The van der Waals surface area contributed by atoms with E-state index in [-0.39, 0.29) is 18.5 Å². The molecule has 2 N–H and O–H groups in total. The molecule has 1 aromatic heterocycles. The van der Waals surface area contributed by atoms with Crippen LogP contribution < -0.4 is 10.6 Å². The number of urea groups is 1. The van der Waals surface area contributed by atoms with Crippen LogP contribution in [0.4, 0.5) is 16.3 Å². The summed E-state index contributed by atoms with van der Waals surface area (Å²) < 4.78 is 1.59. The minimum absolute atomic E-state index is 0.137. The highest BCUT2D eigenvalue weighted by atomic mass is 35.5. The summed E-state index contributed by atoms with van der Waals surface area (Å²) in [6.45, 7) is 3.94. The molecule has 0 atom stereocenters. The molecule has 0 saturated carbocycles. The van der Waals surface area contributed by atoms with Gasteiger partial charge in [-0.05, 0) is 43.7 Å².